The smallest absolute Gasteiger partial charge is 0.233 e. The average Bonchev–Trinajstić information content (AvgIpc) is 2.47. The van der Waals surface area contributed by atoms with Gasteiger partial charge in [-0.2, -0.15) is 0 Å². The minimum absolute atomic E-state index is 0.0411. The standard InChI is InChI=1S/C17H26N2OS/c1-4-17(5-2,15(18)21)16(20)19-13(3)11-12-14-9-7-6-8-10-14/h6-10,13H,4-5,11-12H2,1-3H3,(H2,18,21)(H,19,20). The van der Waals surface area contributed by atoms with Crippen molar-refractivity contribution in [2.24, 2.45) is 11.1 Å². The fraction of sp³-hybridized carbons (Fsp3) is 0.529. The summed E-state index contributed by atoms with van der Waals surface area (Å²) in [6.07, 6.45) is 3.11. The maximum atomic E-state index is 12.5. The molecule has 116 valence electrons. The second kappa shape index (κ2) is 8.13. The molecule has 0 fully saturated rings. The Balaban J connectivity index is 2.59. The van der Waals surface area contributed by atoms with Gasteiger partial charge in [-0.3, -0.25) is 4.79 Å². The lowest BCUT2D eigenvalue weighted by molar-refractivity contribution is -0.128. The van der Waals surface area contributed by atoms with Crippen molar-refractivity contribution in [3.63, 3.8) is 0 Å². The predicted octanol–water partition coefficient (Wildman–Crippen LogP) is 3.22. The molecular formula is C17H26N2OS. The number of amides is 1. The van der Waals surface area contributed by atoms with E-state index < -0.39 is 5.41 Å². The SMILES string of the molecule is CCC(CC)(C(=O)NC(C)CCc1ccccc1)C(N)=S. The van der Waals surface area contributed by atoms with Crippen LogP contribution in [0.4, 0.5) is 0 Å². The predicted molar refractivity (Wildman–Crippen MR) is 92.2 cm³/mol. The van der Waals surface area contributed by atoms with Gasteiger partial charge >= 0.3 is 0 Å². The monoisotopic (exact) mass is 306 g/mol. The van der Waals surface area contributed by atoms with Crippen LogP contribution < -0.4 is 11.1 Å². The molecule has 1 aromatic carbocycles. The minimum atomic E-state index is -0.712. The molecule has 1 unspecified atom stereocenters. The Labute approximate surface area is 133 Å². The molecule has 21 heavy (non-hydrogen) atoms. The first kappa shape index (κ1) is 17.6. The second-order valence-corrected chi connectivity index (χ2v) is 5.99. The summed E-state index contributed by atoms with van der Waals surface area (Å²) in [4.78, 5) is 12.8. The normalized spacial score (nSPS) is 12.7. The number of benzene rings is 1. The first-order valence-electron chi connectivity index (χ1n) is 7.61. The average molecular weight is 306 g/mol. The molecule has 0 aliphatic rings. The highest BCUT2D eigenvalue weighted by Gasteiger charge is 2.38. The van der Waals surface area contributed by atoms with Gasteiger partial charge in [-0.15, -0.1) is 0 Å². The number of hydrogen-bond donors (Lipinski definition) is 2. The summed E-state index contributed by atoms with van der Waals surface area (Å²) in [5.41, 5.74) is 6.38. The third-order valence-electron chi connectivity index (χ3n) is 4.20. The van der Waals surface area contributed by atoms with Crippen LogP contribution in [-0.4, -0.2) is 16.9 Å². The van der Waals surface area contributed by atoms with E-state index in [9.17, 15) is 4.79 Å². The van der Waals surface area contributed by atoms with Gasteiger partial charge in [0.1, 0.15) is 0 Å². The molecule has 0 spiro atoms. The number of nitrogens with one attached hydrogen (secondary N) is 1. The van der Waals surface area contributed by atoms with Crippen molar-refractivity contribution in [3.8, 4) is 0 Å². The molecule has 0 aromatic heterocycles. The van der Waals surface area contributed by atoms with Crippen molar-refractivity contribution in [1.29, 1.82) is 0 Å². The molecule has 4 heteroatoms. The molecule has 0 saturated heterocycles. The van der Waals surface area contributed by atoms with Crippen LogP contribution in [0.25, 0.3) is 0 Å². The molecule has 0 aliphatic heterocycles. The van der Waals surface area contributed by atoms with Crippen LogP contribution in [-0.2, 0) is 11.2 Å². The summed E-state index contributed by atoms with van der Waals surface area (Å²) in [5.74, 6) is -0.0411. The van der Waals surface area contributed by atoms with Gasteiger partial charge < -0.3 is 11.1 Å². The molecule has 0 radical (unpaired) electrons. The van der Waals surface area contributed by atoms with Crippen LogP contribution in [0.3, 0.4) is 0 Å². The van der Waals surface area contributed by atoms with Crippen LogP contribution in [0.1, 0.15) is 45.6 Å². The Morgan fingerprint density at radius 2 is 1.86 bits per heavy atom. The number of aryl methyl sites for hydroxylation is 1. The number of rotatable bonds is 8. The lowest BCUT2D eigenvalue weighted by atomic mass is 9.81. The highest BCUT2D eigenvalue weighted by molar-refractivity contribution is 7.80. The summed E-state index contributed by atoms with van der Waals surface area (Å²) in [6, 6.07) is 10.4. The van der Waals surface area contributed by atoms with Crippen molar-refractivity contribution in [2.45, 2.75) is 52.5 Å². The Morgan fingerprint density at radius 1 is 1.29 bits per heavy atom. The van der Waals surface area contributed by atoms with Gasteiger partial charge in [0.2, 0.25) is 5.91 Å². The zero-order valence-corrected chi connectivity index (χ0v) is 14.0. The second-order valence-electron chi connectivity index (χ2n) is 5.55. The van der Waals surface area contributed by atoms with E-state index in [-0.39, 0.29) is 11.9 Å². The Bertz CT molecular complexity index is 469. The molecule has 0 bridgehead atoms. The van der Waals surface area contributed by atoms with Crippen LogP contribution in [0, 0.1) is 5.41 Å². The highest BCUT2D eigenvalue weighted by atomic mass is 32.1. The van der Waals surface area contributed by atoms with Crippen LogP contribution in [0.5, 0.6) is 0 Å². The van der Waals surface area contributed by atoms with Gasteiger partial charge in [0.15, 0.2) is 0 Å². The van der Waals surface area contributed by atoms with E-state index in [1.54, 1.807) is 0 Å². The van der Waals surface area contributed by atoms with Crippen LogP contribution >= 0.6 is 12.2 Å². The zero-order valence-electron chi connectivity index (χ0n) is 13.2. The Morgan fingerprint density at radius 3 is 2.33 bits per heavy atom. The first-order valence-corrected chi connectivity index (χ1v) is 8.02. The molecule has 0 saturated carbocycles. The van der Waals surface area contributed by atoms with E-state index in [0.29, 0.717) is 17.8 Å². The molecule has 0 heterocycles. The summed E-state index contributed by atoms with van der Waals surface area (Å²) >= 11 is 5.11. The molecule has 3 N–H and O–H groups in total. The van der Waals surface area contributed by atoms with Crippen molar-refractivity contribution >= 4 is 23.1 Å². The van der Waals surface area contributed by atoms with Gasteiger partial charge in [0.05, 0.1) is 10.4 Å². The highest BCUT2D eigenvalue weighted by Crippen LogP contribution is 2.27. The molecular weight excluding hydrogens is 280 g/mol. The number of nitrogens with two attached hydrogens (primary N) is 1. The van der Waals surface area contributed by atoms with E-state index in [4.69, 9.17) is 18.0 Å². The van der Waals surface area contributed by atoms with E-state index in [2.05, 4.69) is 17.4 Å². The lowest BCUT2D eigenvalue weighted by Crippen LogP contribution is -2.50. The number of carbonyl (C=O) groups excluding carboxylic acids is 1. The third kappa shape index (κ3) is 4.53. The molecule has 0 aliphatic carbocycles. The molecule has 1 aromatic rings. The van der Waals surface area contributed by atoms with Gasteiger partial charge in [0.25, 0.3) is 0 Å². The van der Waals surface area contributed by atoms with Crippen molar-refractivity contribution in [3.05, 3.63) is 35.9 Å². The maximum absolute atomic E-state index is 12.5. The fourth-order valence-electron chi connectivity index (χ4n) is 2.49. The minimum Gasteiger partial charge on any atom is -0.392 e. The molecule has 1 atom stereocenters. The zero-order chi connectivity index (χ0) is 15.9. The van der Waals surface area contributed by atoms with Crippen LogP contribution in [0.15, 0.2) is 30.3 Å². The van der Waals surface area contributed by atoms with E-state index >= 15 is 0 Å². The van der Waals surface area contributed by atoms with Gasteiger partial charge in [-0.1, -0.05) is 56.4 Å². The Hall–Kier alpha value is -1.42. The number of carbonyl (C=O) groups is 1. The quantitative estimate of drug-likeness (QED) is 0.725. The summed E-state index contributed by atoms with van der Waals surface area (Å²) < 4.78 is 0. The van der Waals surface area contributed by atoms with E-state index in [1.807, 2.05) is 39.0 Å². The van der Waals surface area contributed by atoms with E-state index in [1.165, 1.54) is 5.56 Å². The summed E-state index contributed by atoms with van der Waals surface area (Å²) in [7, 11) is 0. The summed E-state index contributed by atoms with van der Waals surface area (Å²) in [5, 5.41) is 3.07. The lowest BCUT2D eigenvalue weighted by Gasteiger charge is -2.30. The largest absolute Gasteiger partial charge is 0.392 e. The fourth-order valence-corrected chi connectivity index (χ4v) is 2.87. The Kier molecular flexibility index (Phi) is 6.82. The summed E-state index contributed by atoms with van der Waals surface area (Å²) in [6.45, 7) is 5.93. The van der Waals surface area contributed by atoms with Crippen molar-refractivity contribution < 1.29 is 4.79 Å². The van der Waals surface area contributed by atoms with E-state index in [0.717, 1.165) is 12.8 Å². The van der Waals surface area contributed by atoms with Gasteiger partial charge in [-0.05, 0) is 38.2 Å². The number of thiocarbonyl (C=S) groups is 1. The molecule has 1 amide bonds. The van der Waals surface area contributed by atoms with Crippen LogP contribution in [0.2, 0.25) is 0 Å². The van der Waals surface area contributed by atoms with Gasteiger partial charge in [-0.25, -0.2) is 0 Å². The topological polar surface area (TPSA) is 55.1 Å². The number of hydrogen-bond acceptors (Lipinski definition) is 2. The molecule has 1 rings (SSSR count). The maximum Gasteiger partial charge on any atom is 0.233 e. The molecule has 3 nitrogen and oxygen atoms in total. The van der Waals surface area contributed by atoms with Crippen molar-refractivity contribution in [1.82, 2.24) is 5.32 Å². The van der Waals surface area contributed by atoms with Crippen molar-refractivity contribution in [2.75, 3.05) is 0 Å². The van der Waals surface area contributed by atoms with Gasteiger partial charge in [0, 0.05) is 6.04 Å². The third-order valence-corrected chi connectivity index (χ3v) is 4.59. The first-order chi connectivity index (χ1) is 9.96.